The topological polar surface area (TPSA) is 123 Å². The van der Waals surface area contributed by atoms with Gasteiger partial charge >= 0.3 is 5.97 Å². The molecule has 2 aromatic rings. The number of carboxylic acids is 1. The molecule has 0 saturated carbocycles. The van der Waals surface area contributed by atoms with Gasteiger partial charge in [0.05, 0.1) is 5.92 Å². The zero-order valence-corrected chi connectivity index (χ0v) is 23.8. The Kier molecular flexibility index (Phi) is 15.0. The molecule has 0 spiro atoms. The highest BCUT2D eigenvalue weighted by Crippen LogP contribution is 2.38. The van der Waals surface area contributed by atoms with Crippen LogP contribution in [-0.2, 0) is 14.4 Å². The summed E-state index contributed by atoms with van der Waals surface area (Å²) in [6.45, 7) is 2.27. The number of benzene rings is 2. The molecule has 1 unspecified atom stereocenters. The van der Waals surface area contributed by atoms with Crippen LogP contribution >= 0.6 is 0 Å². The van der Waals surface area contributed by atoms with Crippen LogP contribution < -0.4 is 11.5 Å². The van der Waals surface area contributed by atoms with Crippen molar-refractivity contribution in [3.05, 3.63) is 53.1 Å². The van der Waals surface area contributed by atoms with Gasteiger partial charge in [0.15, 0.2) is 0 Å². The predicted molar refractivity (Wildman–Crippen MR) is 160 cm³/mol. The van der Waals surface area contributed by atoms with E-state index < -0.39 is 23.7 Å². The van der Waals surface area contributed by atoms with Crippen LogP contribution in [0.3, 0.4) is 0 Å². The minimum atomic E-state index is -0.768. The van der Waals surface area contributed by atoms with Crippen LogP contribution in [0.15, 0.2) is 42.0 Å². The van der Waals surface area contributed by atoms with E-state index in [1.165, 1.54) is 83.5 Å². The lowest BCUT2D eigenvalue weighted by Gasteiger charge is -2.23. The summed E-state index contributed by atoms with van der Waals surface area (Å²) in [5.41, 5.74) is 12.7. The smallest absolute Gasteiger partial charge is 0.303 e. The van der Waals surface area contributed by atoms with Gasteiger partial charge in [0, 0.05) is 12.0 Å². The van der Waals surface area contributed by atoms with Crippen LogP contribution in [0, 0.1) is 0 Å². The van der Waals surface area contributed by atoms with E-state index in [1.54, 1.807) is 6.08 Å². The average molecular weight is 537 g/mol. The van der Waals surface area contributed by atoms with Crippen LogP contribution in [0.4, 0.5) is 0 Å². The maximum atomic E-state index is 11.7. The first-order chi connectivity index (χ1) is 18.9. The molecule has 0 saturated heterocycles. The summed E-state index contributed by atoms with van der Waals surface area (Å²) in [7, 11) is 0. The van der Waals surface area contributed by atoms with E-state index in [0.29, 0.717) is 6.42 Å². The number of hydrogen-bond donors (Lipinski definition) is 3. The summed E-state index contributed by atoms with van der Waals surface area (Å²) in [6.07, 6.45) is 21.9. The molecule has 1 atom stereocenters. The Morgan fingerprint density at radius 2 is 1.21 bits per heavy atom. The van der Waals surface area contributed by atoms with Crippen LogP contribution in [0.5, 0.6) is 0 Å². The van der Waals surface area contributed by atoms with Crippen molar-refractivity contribution in [3.63, 3.8) is 0 Å². The summed E-state index contributed by atoms with van der Waals surface area (Å²) < 4.78 is 0. The molecule has 0 bridgehead atoms. The Morgan fingerprint density at radius 1 is 0.718 bits per heavy atom. The molecule has 39 heavy (non-hydrogen) atoms. The lowest BCUT2D eigenvalue weighted by Crippen LogP contribution is -2.30. The predicted octanol–water partition coefficient (Wildman–Crippen LogP) is 7.62. The molecule has 0 aromatic heterocycles. The second-order valence-corrected chi connectivity index (χ2v) is 10.7. The lowest BCUT2D eigenvalue weighted by molar-refractivity contribution is -0.137. The van der Waals surface area contributed by atoms with Gasteiger partial charge in [-0.2, -0.15) is 0 Å². The van der Waals surface area contributed by atoms with Crippen molar-refractivity contribution in [1.29, 1.82) is 0 Å². The van der Waals surface area contributed by atoms with Crippen LogP contribution in [0.2, 0.25) is 0 Å². The first-order valence-corrected chi connectivity index (χ1v) is 14.9. The third kappa shape index (κ3) is 11.2. The van der Waals surface area contributed by atoms with E-state index in [0.717, 1.165) is 34.7 Å². The van der Waals surface area contributed by atoms with E-state index in [1.807, 2.05) is 36.4 Å². The number of carboxylic acid groups (broad SMARTS) is 1. The van der Waals surface area contributed by atoms with Crippen molar-refractivity contribution in [2.45, 2.75) is 116 Å². The summed E-state index contributed by atoms with van der Waals surface area (Å²) in [6, 6.07) is 11.4. The highest BCUT2D eigenvalue weighted by Gasteiger charge is 2.31. The molecule has 0 radical (unpaired) electrons. The van der Waals surface area contributed by atoms with Crippen molar-refractivity contribution in [1.82, 2.24) is 0 Å². The van der Waals surface area contributed by atoms with Crippen molar-refractivity contribution < 1.29 is 19.5 Å². The second kappa shape index (κ2) is 18.2. The number of aliphatic carboxylic acids is 1. The van der Waals surface area contributed by atoms with E-state index >= 15 is 0 Å². The number of nitrogens with two attached hydrogens (primary N) is 2. The third-order valence-electron chi connectivity index (χ3n) is 7.47. The first-order valence-electron chi connectivity index (χ1n) is 14.9. The van der Waals surface area contributed by atoms with Gasteiger partial charge in [-0.15, -0.1) is 0 Å². The zero-order valence-electron chi connectivity index (χ0n) is 23.8. The van der Waals surface area contributed by atoms with E-state index in [2.05, 4.69) is 6.92 Å². The molecule has 6 heteroatoms. The first kappa shape index (κ1) is 32.1. The van der Waals surface area contributed by atoms with E-state index in [9.17, 15) is 14.4 Å². The Morgan fingerprint density at radius 3 is 1.67 bits per heavy atom. The molecule has 214 valence electrons. The fourth-order valence-electron chi connectivity index (χ4n) is 5.35. The number of hydrogen-bond acceptors (Lipinski definition) is 3. The molecule has 3 rings (SSSR count). The number of carbonyl (C=O) groups is 3. The SMILES string of the molecule is CCCCCCCCCCCCCCCCCC(=O)O.NC(=O)C1=Cc2cccc3cccc(c23)C1C(N)=O. The van der Waals surface area contributed by atoms with E-state index in [-0.39, 0.29) is 5.57 Å². The van der Waals surface area contributed by atoms with Crippen molar-refractivity contribution >= 4 is 34.6 Å². The van der Waals surface area contributed by atoms with Gasteiger partial charge in [0.25, 0.3) is 0 Å². The monoisotopic (exact) mass is 536 g/mol. The highest BCUT2D eigenvalue weighted by atomic mass is 16.4. The van der Waals surface area contributed by atoms with Gasteiger partial charge in [-0.1, -0.05) is 133 Å². The normalized spacial score (nSPS) is 13.9. The Labute approximate surface area is 234 Å². The van der Waals surface area contributed by atoms with E-state index in [4.69, 9.17) is 16.6 Å². The maximum Gasteiger partial charge on any atom is 0.303 e. The molecule has 0 fully saturated rings. The molecule has 5 N–H and O–H groups in total. The lowest BCUT2D eigenvalue weighted by atomic mass is 9.80. The van der Waals surface area contributed by atoms with Gasteiger partial charge in [-0.25, -0.2) is 0 Å². The zero-order chi connectivity index (χ0) is 28.5. The van der Waals surface area contributed by atoms with Crippen molar-refractivity contribution in [2.24, 2.45) is 11.5 Å². The molecule has 0 aliphatic heterocycles. The standard InChI is InChI=1S/C18H36O2.C15H12N2O2/c1-2-3-4-5-6-7-8-9-10-11-12-13-14-15-16-17-18(19)20;16-14(18)11-7-9-5-1-3-8-4-2-6-10(12(8)9)13(11)15(17)19/h2-17H2,1H3,(H,19,20);1-7,13H,(H2,16,18)(H2,17,19). The van der Waals surface area contributed by atoms with Gasteiger partial charge in [-0.05, 0) is 34.4 Å². The fourth-order valence-corrected chi connectivity index (χ4v) is 5.35. The maximum absolute atomic E-state index is 11.7. The minimum Gasteiger partial charge on any atom is -0.481 e. The second-order valence-electron chi connectivity index (χ2n) is 10.7. The number of primary amides is 2. The summed E-state index contributed by atoms with van der Waals surface area (Å²) in [5.74, 6) is -2.60. The van der Waals surface area contributed by atoms with Crippen LogP contribution in [0.1, 0.15) is 127 Å². The van der Waals surface area contributed by atoms with Gasteiger partial charge in [-0.3, -0.25) is 14.4 Å². The van der Waals surface area contributed by atoms with Crippen molar-refractivity contribution in [3.8, 4) is 0 Å². The number of carbonyl (C=O) groups excluding carboxylic acids is 2. The number of unbranched alkanes of at least 4 members (excludes halogenated alkanes) is 14. The number of amides is 2. The van der Waals surface area contributed by atoms with Crippen LogP contribution in [-0.4, -0.2) is 22.9 Å². The molecule has 1 aliphatic carbocycles. The molecular weight excluding hydrogens is 488 g/mol. The molecule has 1 aliphatic rings. The average Bonchev–Trinajstić information content (AvgIpc) is 2.91. The van der Waals surface area contributed by atoms with Crippen LogP contribution in [0.25, 0.3) is 16.8 Å². The van der Waals surface area contributed by atoms with Gasteiger partial charge < -0.3 is 16.6 Å². The van der Waals surface area contributed by atoms with Gasteiger partial charge in [0.2, 0.25) is 11.8 Å². The molecule has 2 aromatic carbocycles. The van der Waals surface area contributed by atoms with Gasteiger partial charge in [0.1, 0.15) is 0 Å². The molecule has 6 nitrogen and oxygen atoms in total. The van der Waals surface area contributed by atoms with Crippen molar-refractivity contribution in [2.75, 3.05) is 0 Å². The Bertz CT molecular complexity index is 1090. The summed E-state index contributed by atoms with van der Waals surface area (Å²) >= 11 is 0. The quantitative estimate of drug-likeness (QED) is 0.169. The fraction of sp³-hybridized carbons (Fsp3) is 0.545. The highest BCUT2D eigenvalue weighted by molar-refractivity contribution is 6.11. The molecule has 2 amide bonds. The Balaban J connectivity index is 0.000000273. The summed E-state index contributed by atoms with van der Waals surface area (Å²) in [4.78, 5) is 33.6. The summed E-state index contributed by atoms with van der Waals surface area (Å²) in [5, 5.41) is 10.5. The third-order valence-corrected chi connectivity index (χ3v) is 7.47. The molecular formula is C33H48N2O4. The Hall–Kier alpha value is -3.15. The molecule has 0 heterocycles. The largest absolute Gasteiger partial charge is 0.481 e. The minimum absolute atomic E-state index is 0.249. The number of rotatable bonds is 18.